The van der Waals surface area contributed by atoms with E-state index in [0.29, 0.717) is 19.1 Å². The molecule has 7 nitrogen and oxygen atoms in total. The number of hydrogen-bond donors (Lipinski definition) is 0. The molecule has 3 heterocycles. The van der Waals surface area contributed by atoms with Gasteiger partial charge in [-0.2, -0.15) is 0 Å². The second-order valence-electron chi connectivity index (χ2n) is 7.88. The minimum Gasteiger partial charge on any atom is -0.335 e. The van der Waals surface area contributed by atoms with Gasteiger partial charge >= 0.3 is 0 Å². The summed E-state index contributed by atoms with van der Waals surface area (Å²) < 4.78 is 24.3. The highest BCUT2D eigenvalue weighted by Gasteiger charge is 2.47. The van der Waals surface area contributed by atoms with E-state index in [-0.39, 0.29) is 29.5 Å². The third-order valence-electron chi connectivity index (χ3n) is 6.21. The molecule has 0 N–H and O–H groups in total. The Balaban J connectivity index is 1.63. The summed E-state index contributed by atoms with van der Waals surface area (Å²) in [5.41, 5.74) is 0. The molecule has 0 radical (unpaired) electrons. The normalized spacial score (nSPS) is 31.4. The molecule has 0 aromatic carbocycles. The fourth-order valence-electron chi connectivity index (χ4n) is 4.60. The van der Waals surface area contributed by atoms with Gasteiger partial charge in [0.2, 0.25) is 5.91 Å². The molecule has 0 bridgehead atoms. The van der Waals surface area contributed by atoms with Crippen LogP contribution in [0, 0.1) is 0 Å². The lowest BCUT2D eigenvalue weighted by Gasteiger charge is -2.44. The number of amides is 1. The van der Waals surface area contributed by atoms with Crippen LogP contribution in [0.15, 0.2) is 0 Å². The standard InChI is InChI=1S/C17H32N4O3S/c1-4-20-9-10-21(16-13-25(23,24)12-15(16)20)17(22)11-19(3)14-5-7-18(2)8-6-14/h14-16H,4-13H2,1-3H3/t15-,16+/m1/s1. The molecule has 0 aliphatic carbocycles. The number of fused-ring (bicyclic) bond motifs is 1. The lowest BCUT2D eigenvalue weighted by molar-refractivity contribution is -0.138. The van der Waals surface area contributed by atoms with Gasteiger partial charge in [0, 0.05) is 25.2 Å². The van der Waals surface area contributed by atoms with E-state index in [4.69, 9.17) is 0 Å². The highest BCUT2D eigenvalue weighted by Crippen LogP contribution is 2.27. The second-order valence-corrected chi connectivity index (χ2v) is 10.0. The topological polar surface area (TPSA) is 64.2 Å². The monoisotopic (exact) mass is 372 g/mol. The number of sulfone groups is 1. The molecule has 3 fully saturated rings. The molecule has 3 aliphatic rings. The van der Waals surface area contributed by atoms with Crippen molar-refractivity contribution in [3.8, 4) is 0 Å². The second kappa shape index (κ2) is 7.50. The van der Waals surface area contributed by atoms with E-state index in [1.54, 1.807) is 0 Å². The van der Waals surface area contributed by atoms with Crippen molar-refractivity contribution < 1.29 is 13.2 Å². The molecule has 3 saturated heterocycles. The molecular formula is C17H32N4O3S. The van der Waals surface area contributed by atoms with Crippen LogP contribution in [0.5, 0.6) is 0 Å². The van der Waals surface area contributed by atoms with E-state index in [9.17, 15) is 13.2 Å². The highest BCUT2D eigenvalue weighted by molar-refractivity contribution is 7.91. The highest BCUT2D eigenvalue weighted by atomic mass is 32.2. The van der Waals surface area contributed by atoms with Gasteiger partial charge in [-0.25, -0.2) is 8.42 Å². The number of carbonyl (C=O) groups excluding carboxylic acids is 1. The van der Waals surface area contributed by atoms with Gasteiger partial charge < -0.3 is 9.80 Å². The summed E-state index contributed by atoms with van der Waals surface area (Å²) in [7, 11) is 1.11. The molecule has 0 saturated carbocycles. The zero-order valence-corrected chi connectivity index (χ0v) is 16.5. The van der Waals surface area contributed by atoms with Gasteiger partial charge in [-0.05, 0) is 46.6 Å². The van der Waals surface area contributed by atoms with Crippen LogP contribution in [-0.4, -0.2) is 117 Å². The van der Waals surface area contributed by atoms with Crippen molar-refractivity contribution in [1.82, 2.24) is 19.6 Å². The quantitative estimate of drug-likeness (QED) is 0.653. The molecule has 0 spiro atoms. The zero-order valence-electron chi connectivity index (χ0n) is 15.7. The van der Waals surface area contributed by atoms with Crippen molar-refractivity contribution >= 4 is 15.7 Å². The summed E-state index contributed by atoms with van der Waals surface area (Å²) in [5, 5.41) is 0. The van der Waals surface area contributed by atoms with E-state index in [1.165, 1.54) is 0 Å². The smallest absolute Gasteiger partial charge is 0.237 e. The minimum atomic E-state index is -3.05. The predicted octanol–water partition coefficient (Wildman–Crippen LogP) is -0.658. The molecule has 1 amide bonds. The van der Waals surface area contributed by atoms with E-state index in [1.807, 2.05) is 11.9 Å². The Hall–Kier alpha value is -0.700. The SMILES string of the molecule is CCN1CCN(C(=O)CN(C)C2CCN(C)CC2)[C@H]2CS(=O)(=O)C[C@H]21. The first kappa shape index (κ1) is 19.1. The van der Waals surface area contributed by atoms with Crippen LogP contribution < -0.4 is 0 Å². The summed E-state index contributed by atoms with van der Waals surface area (Å²) in [6.45, 7) is 6.86. The number of nitrogens with zero attached hydrogens (tertiary/aromatic N) is 4. The number of carbonyl (C=O) groups is 1. The van der Waals surface area contributed by atoms with Crippen molar-refractivity contribution in [1.29, 1.82) is 0 Å². The number of hydrogen-bond acceptors (Lipinski definition) is 6. The molecule has 3 aliphatic heterocycles. The number of likely N-dealkylation sites (N-methyl/N-ethyl adjacent to an activating group) is 2. The number of rotatable bonds is 4. The van der Waals surface area contributed by atoms with Gasteiger partial charge in [0.05, 0.1) is 24.1 Å². The first-order valence-electron chi connectivity index (χ1n) is 9.43. The van der Waals surface area contributed by atoms with Crippen LogP contribution in [0.1, 0.15) is 19.8 Å². The Bertz CT molecular complexity index is 589. The molecule has 0 aromatic heterocycles. The van der Waals surface area contributed by atoms with E-state index in [0.717, 1.165) is 39.0 Å². The minimum absolute atomic E-state index is 0.0265. The molecule has 3 rings (SSSR count). The van der Waals surface area contributed by atoms with Crippen LogP contribution >= 0.6 is 0 Å². The van der Waals surface area contributed by atoms with Crippen molar-refractivity contribution in [2.24, 2.45) is 0 Å². The molecule has 2 atom stereocenters. The largest absolute Gasteiger partial charge is 0.335 e. The molecule has 25 heavy (non-hydrogen) atoms. The maximum absolute atomic E-state index is 12.9. The summed E-state index contributed by atoms with van der Waals surface area (Å²) in [6.07, 6.45) is 2.18. The van der Waals surface area contributed by atoms with Gasteiger partial charge in [-0.3, -0.25) is 14.6 Å². The Labute approximate surface area is 151 Å². The Kier molecular flexibility index (Phi) is 5.72. The lowest BCUT2D eigenvalue weighted by atomic mass is 10.0. The van der Waals surface area contributed by atoms with Crippen molar-refractivity contribution in [3.63, 3.8) is 0 Å². The first-order valence-corrected chi connectivity index (χ1v) is 11.3. The Morgan fingerprint density at radius 1 is 1.08 bits per heavy atom. The fraction of sp³-hybridized carbons (Fsp3) is 0.941. The average Bonchev–Trinajstić information content (AvgIpc) is 2.89. The van der Waals surface area contributed by atoms with E-state index >= 15 is 0 Å². The van der Waals surface area contributed by atoms with Crippen molar-refractivity contribution in [2.45, 2.75) is 37.9 Å². The van der Waals surface area contributed by atoms with Gasteiger partial charge in [-0.15, -0.1) is 0 Å². The van der Waals surface area contributed by atoms with Crippen molar-refractivity contribution in [3.05, 3.63) is 0 Å². The first-order chi connectivity index (χ1) is 11.8. The van der Waals surface area contributed by atoms with Crippen LogP contribution in [-0.2, 0) is 14.6 Å². The molecule has 144 valence electrons. The third kappa shape index (κ3) is 4.18. The third-order valence-corrected chi connectivity index (χ3v) is 7.91. The Morgan fingerprint density at radius 3 is 2.36 bits per heavy atom. The zero-order chi connectivity index (χ0) is 18.2. The summed E-state index contributed by atoms with van der Waals surface area (Å²) in [6, 6.07) is 0.249. The molecule has 0 aromatic rings. The maximum atomic E-state index is 12.9. The van der Waals surface area contributed by atoms with Crippen LogP contribution in [0.4, 0.5) is 0 Å². The average molecular weight is 373 g/mol. The predicted molar refractivity (Wildman–Crippen MR) is 98.3 cm³/mol. The maximum Gasteiger partial charge on any atom is 0.237 e. The fourth-order valence-corrected chi connectivity index (χ4v) is 6.61. The summed E-state index contributed by atoms with van der Waals surface area (Å²) in [5.74, 6) is 0.405. The number of likely N-dealkylation sites (tertiary alicyclic amines) is 1. The molecule has 8 heteroatoms. The summed E-state index contributed by atoms with van der Waals surface area (Å²) >= 11 is 0. The number of piperidine rings is 1. The molecular weight excluding hydrogens is 340 g/mol. The van der Waals surface area contributed by atoms with E-state index in [2.05, 4.69) is 28.7 Å². The van der Waals surface area contributed by atoms with Crippen LogP contribution in [0.25, 0.3) is 0 Å². The van der Waals surface area contributed by atoms with Gasteiger partial charge in [-0.1, -0.05) is 6.92 Å². The number of piperazine rings is 1. The van der Waals surface area contributed by atoms with Crippen LogP contribution in [0.2, 0.25) is 0 Å². The molecule has 0 unspecified atom stereocenters. The Morgan fingerprint density at radius 2 is 1.72 bits per heavy atom. The lowest BCUT2D eigenvalue weighted by Crippen LogP contribution is -2.61. The summed E-state index contributed by atoms with van der Waals surface area (Å²) in [4.78, 5) is 21.5. The van der Waals surface area contributed by atoms with Gasteiger partial charge in [0.15, 0.2) is 9.84 Å². The van der Waals surface area contributed by atoms with Crippen molar-refractivity contribution in [2.75, 3.05) is 64.9 Å². The van der Waals surface area contributed by atoms with Gasteiger partial charge in [0.25, 0.3) is 0 Å². The van der Waals surface area contributed by atoms with Crippen LogP contribution in [0.3, 0.4) is 0 Å². The van der Waals surface area contributed by atoms with Gasteiger partial charge in [0.1, 0.15) is 0 Å². The van der Waals surface area contributed by atoms with E-state index < -0.39 is 9.84 Å².